The largest absolute Gasteiger partial charge is 0.487 e. The molecule has 1 fully saturated rings. The van der Waals surface area contributed by atoms with Crippen LogP contribution in [0.25, 0.3) is 0 Å². The molecule has 1 aromatic heterocycles. The number of pyridine rings is 1. The highest BCUT2D eigenvalue weighted by Gasteiger charge is 2.39. The lowest BCUT2D eigenvalue weighted by atomic mass is 10.2. The van der Waals surface area contributed by atoms with E-state index in [2.05, 4.69) is 10.3 Å². The fourth-order valence-corrected chi connectivity index (χ4v) is 2.44. The Morgan fingerprint density at radius 1 is 1.57 bits per heavy atom. The lowest BCUT2D eigenvalue weighted by Gasteiger charge is -2.12. The lowest BCUT2D eigenvalue weighted by molar-refractivity contribution is 0.0762. The summed E-state index contributed by atoms with van der Waals surface area (Å²) in [6.07, 6.45) is 2.57. The van der Waals surface area contributed by atoms with Gasteiger partial charge in [0.05, 0.1) is 12.5 Å². The predicted molar refractivity (Wildman–Crippen MR) is 77.8 cm³/mol. The van der Waals surface area contributed by atoms with Crippen LogP contribution < -0.4 is 10.1 Å². The molecule has 1 aromatic rings. The van der Waals surface area contributed by atoms with Gasteiger partial charge >= 0.3 is 6.09 Å². The first kappa shape index (κ1) is 15.3. The normalized spacial score (nSPS) is 17.2. The Kier molecular flexibility index (Phi) is 4.14. The molecule has 1 aliphatic carbocycles. The van der Waals surface area contributed by atoms with Crippen LogP contribution in [0.2, 0.25) is 0 Å². The first-order valence-corrected chi connectivity index (χ1v) is 7.26. The number of hydrogen-bond donors (Lipinski definition) is 2. The molecule has 8 heteroatoms. The summed E-state index contributed by atoms with van der Waals surface area (Å²) in [6.45, 7) is 0.269. The van der Waals surface area contributed by atoms with Crippen molar-refractivity contribution in [3.8, 4) is 5.75 Å². The van der Waals surface area contributed by atoms with Crippen LogP contribution in [0.5, 0.6) is 5.75 Å². The number of fused-ring (bicyclic) bond motifs is 1. The Bertz CT molecular complexity index is 673. The number of nitrogens with one attached hydrogen (secondary N) is 1. The Morgan fingerprint density at radius 3 is 3.00 bits per heavy atom. The molecular formula is C15H16FN3O4. The van der Waals surface area contributed by atoms with Crippen molar-refractivity contribution < 1.29 is 23.8 Å². The molecule has 23 heavy (non-hydrogen) atoms. The molecule has 1 aliphatic heterocycles. The summed E-state index contributed by atoms with van der Waals surface area (Å²) in [6, 6.07) is 2.05. The third-order valence-corrected chi connectivity index (χ3v) is 3.78. The van der Waals surface area contributed by atoms with Gasteiger partial charge in [-0.1, -0.05) is 0 Å². The molecule has 2 amide bonds. The average molecular weight is 321 g/mol. The molecule has 0 aromatic carbocycles. The predicted octanol–water partition coefficient (Wildman–Crippen LogP) is 1.70. The van der Waals surface area contributed by atoms with Crippen molar-refractivity contribution in [3.05, 3.63) is 35.4 Å². The van der Waals surface area contributed by atoms with Crippen molar-refractivity contribution in [2.45, 2.75) is 25.4 Å². The highest BCUT2D eigenvalue weighted by Crippen LogP contribution is 2.34. The van der Waals surface area contributed by atoms with Gasteiger partial charge < -0.3 is 20.1 Å². The summed E-state index contributed by atoms with van der Waals surface area (Å²) >= 11 is 0. The summed E-state index contributed by atoms with van der Waals surface area (Å²) in [5, 5.41) is 10.6. The Balaban J connectivity index is 1.61. The van der Waals surface area contributed by atoms with E-state index in [1.807, 2.05) is 4.90 Å². The zero-order chi connectivity index (χ0) is 16.4. The molecule has 2 heterocycles. The number of nitrogens with zero attached hydrogens (tertiary/aromatic N) is 2. The van der Waals surface area contributed by atoms with Gasteiger partial charge in [0.15, 0.2) is 0 Å². The number of aromatic nitrogens is 1. The van der Waals surface area contributed by atoms with Gasteiger partial charge in [0, 0.05) is 30.3 Å². The molecule has 1 saturated carbocycles. The fourth-order valence-electron chi connectivity index (χ4n) is 2.44. The van der Waals surface area contributed by atoms with Crippen molar-refractivity contribution in [1.82, 2.24) is 15.2 Å². The molecule has 0 unspecified atom stereocenters. The van der Waals surface area contributed by atoms with Crippen LogP contribution in [0.3, 0.4) is 0 Å². The van der Waals surface area contributed by atoms with Crippen LogP contribution in [0.4, 0.5) is 9.18 Å². The number of carboxylic acid groups (broad SMARTS) is 1. The van der Waals surface area contributed by atoms with Crippen LogP contribution in [0.15, 0.2) is 24.2 Å². The third kappa shape index (κ3) is 3.41. The van der Waals surface area contributed by atoms with Crippen molar-refractivity contribution in [1.29, 1.82) is 0 Å². The Hall–Kier alpha value is -2.64. The first-order chi connectivity index (χ1) is 11.1. The SMILES string of the molecule is O=C(O)NC/C(=C\F)COc1cnc2c(c1)CN(C1CC1)C2=O. The zero-order valence-electron chi connectivity index (χ0n) is 12.3. The quantitative estimate of drug-likeness (QED) is 0.832. The monoisotopic (exact) mass is 321 g/mol. The molecular weight excluding hydrogens is 305 g/mol. The molecule has 2 N–H and O–H groups in total. The van der Waals surface area contributed by atoms with E-state index in [0.29, 0.717) is 30.4 Å². The maximum atomic E-state index is 12.7. The van der Waals surface area contributed by atoms with E-state index in [-0.39, 0.29) is 24.6 Å². The third-order valence-electron chi connectivity index (χ3n) is 3.78. The number of hydrogen-bond acceptors (Lipinski definition) is 4. The number of halogens is 1. The molecule has 3 rings (SSSR count). The van der Waals surface area contributed by atoms with Gasteiger partial charge in [0.1, 0.15) is 18.1 Å². The smallest absolute Gasteiger partial charge is 0.404 e. The molecule has 0 spiro atoms. The van der Waals surface area contributed by atoms with Crippen molar-refractivity contribution in [3.63, 3.8) is 0 Å². The molecule has 2 aliphatic rings. The van der Waals surface area contributed by atoms with Crippen LogP contribution in [-0.2, 0) is 6.54 Å². The second kappa shape index (κ2) is 6.23. The number of carbonyl (C=O) groups excluding carboxylic acids is 1. The van der Waals surface area contributed by atoms with Crippen molar-refractivity contribution in [2.24, 2.45) is 0 Å². The molecule has 0 atom stereocenters. The molecule has 7 nitrogen and oxygen atoms in total. The van der Waals surface area contributed by atoms with E-state index in [1.54, 1.807) is 6.07 Å². The standard InChI is InChI=1S/C15H16FN3O4/c16-4-9(5-18-15(21)22)8-23-12-3-10-7-19(11-1-2-11)14(20)13(10)17-6-12/h3-4,6,11,18H,1-2,5,7-8H2,(H,21,22)/b9-4+. The number of carbonyl (C=O) groups is 2. The van der Waals surface area contributed by atoms with Crippen LogP contribution in [0, 0.1) is 0 Å². The highest BCUT2D eigenvalue weighted by atomic mass is 19.1. The number of amides is 2. The van der Waals surface area contributed by atoms with E-state index in [1.165, 1.54) is 6.20 Å². The van der Waals surface area contributed by atoms with Crippen LogP contribution in [-0.4, -0.2) is 46.2 Å². The van der Waals surface area contributed by atoms with Crippen molar-refractivity contribution in [2.75, 3.05) is 13.2 Å². The van der Waals surface area contributed by atoms with E-state index in [0.717, 1.165) is 18.4 Å². The number of rotatable bonds is 6. The van der Waals surface area contributed by atoms with E-state index >= 15 is 0 Å². The maximum absolute atomic E-state index is 12.7. The van der Waals surface area contributed by atoms with Crippen LogP contribution >= 0.6 is 0 Å². The average Bonchev–Trinajstić information content (AvgIpc) is 3.32. The van der Waals surface area contributed by atoms with Gasteiger partial charge in [-0.05, 0) is 18.9 Å². The first-order valence-electron chi connectivity index (χ1n) is 7.26. The highest BCUT2D eigenvalue weighted by molar-refractivity contribution is 5.96. The summed E-state index contributed by atoms with van der Waals surface area (Å²) in [5.74, 6) is 0.368. The molecule has 122 valence electrons. The van der Waals surface area contributed by atoms with Gasteiger partial charge in [0.25, 0.3) is 5.91 Å². The van der Waals surface area contributed by atoms with Gasteiger partial charge in [-0.2, -0.15) is 0 Å². The lowest BCUT2D eigenvalue weighted by Crippen LogP contribution is -2.26. The van der Waals surface area contributed by atoms with Crippen molar-refractivity contribution >= 4 is 12.0 Å². The zero-order valence-corrected chi connectivity index (χ0v) is 12.3. The van der Waals surface area contributed by atoms with E-state index in [9.17, 15) is 14.0 Å². The molecule has 0 bridgehead atoms. The second-order valence-corrected chi connectivity index (χ2v) is 5.56. The van der Waals surface area contributed by atoms with Crippen LogP contribution in [0.1, 0.15) is 28.9 Å². The minimum absolute atomic E-state index is 0.0518. The molecule has 0 radical (unpaired) electrons. The summed E-state index contributed by atoms with van der Waals surface area (Å²) in [5.41, 5.74) is 1.40. The minimum Gasteiger partial charge on any atom is -0.487 e. The Labute approximate surface area is 131 Å². The van der Waals surface area contributed by atoms with Gasteiger partial charge in [-0.15, -0.1) is 0 Å². The summed E-state index contributed by atoms with van der Waals surface area (Å²) < 4.78 is 18.1. The van der Waals surface area contributed by atoms with E-state index in [4.69, 9.17) is 9.84 Å². The van der Waals surface area contributed by atoms with E-state index < -0.39 is 6.09 Å². The fraction of sp³-hybridized carbons (Fsp3) is 0.400. The van der Waals surface area contributed by atoms with Gasteiger partial charge in [-0.3, -0.25) is 4.79 Å². The Morgan fingerprint density at radius 2 is 2.35 bits per heavy atom. The van der Waals surface area contributed by atoms with Gasteiger partial charge in [0.2, 0.25) is 0 Å². The summed E-state index contributed by atoms with van der Waals surface area (Å²) in [4.78, 5) is 28.5. The minimum atomic E-state index is -1.23. The second-order valence-electron chi connectivity index (χ2n) is 5.56. The molecule has 0 saturated heterocycles. The summed E-state index contributed by atoms with van der Waals surface area (Å²) in [7, 11) is 0. The number of ether oxygens (including phenoxy) is 1. The topological polar surface area (TPSA) is 91.8 Å². The maximum Gasteiger partial charge on any atom is 0.404 e. The van der Waals surface area contributed by atoms with Gasteiger partial charge in [-0.25, -0.2) is 14.2 Å².